The van der Waals surface area contributed by atoms with Crippen LogP contribution in [-0.4, -0.2) is 21.4 Å². The first-order valence-corrected chi connectivity index (χ1v) is 6.42. The predicted molar refractivity (Wildman–Crippen MR) is 66.1 cm³/mol. The largest absolute Gasteiger partial charge is 0.354 e. The van der Waals surface area contributed by atoms with Crippen molar-refractivity contribution in [3.8, 4) is 0 Å². The highest BCUT2D eigenvalue weighted by molar-refractivity contribution is 5.30. The van der Waals surface area contributed by atoms with E-state index >= 15 is 0 Å². The summed E-state index contributed by atoms with van der Waals surface area (Å²) in [6, 6.07) is 0. The molecule has 96 valence electrons. The summed E-state index contributed by atoms with van der Waals surface area (Å²) in [7, 11) is 0. The van der Waals surface area contributed by atoms with Crippen LogP contribution < -0.4 is 5.32 Å². The lowest BCUT2D eigenvalue weighted by atomic mass is 9.89. The van der Waals surface area contributed by atoms with Crippen molar-refractivity contribution in [3.63, 3.8) is 0 Å². The zero-order valence-corrected chi connectivity index (χ0v) is 10.1. The maximum absolute atomic E-state index is 10.5. The fraction of sp³-hybridized carbons (Fsp3) is 0.667. The number of nitrogens with zero attached hydrogens (tertiary/aromatic N) is 3. The quantitative estimate of drug-likeness (QED) is 0.652. The highest BCUT2D eigenvalue weighted by Gasteiger charge is 2.39. The Morgan fingerprint density at radius 2 is 2.11 bits per heavy atom. The number of nitro groups is 1. The molecule has 3 rings (SSSR count). The number of hydrogen-bond donors (Lipinski definition) is 1. The van der Waals surface area contributed by atoms with Gasteiger partial charge in [-0.15, -0.1) is 0 Å². The molecule has 6 nitrogen and oxygen atoms in total. The maximum Gasteiger partial charge on any atom is 0.305 e. The van der Waals surface area contributed by atoms with E-state index in [4.69, 9.17) is 0 Å². The van der Waals surface area contributed by atoms with Gasteiger partial charge >= 0.3 is 5.69 Å². The zero-order valence-electron chi connectivity index (χ0n) is 10.1. The molecule has 2 aliphatic rings. The molecule has 2 saturated carbocycles. The Morgan fingerprint density at radius 1 is 1.33 bits per heavy atom. The second-order valence-corrected chi connectivity index (χ2v) is 5.34. The average molecular weight is 248 g/mol. The first-order valence-electron chi connectivity index (χ1n) is 6.42. The standard InChI is InChI=1S/C12H16N4O2/c17-16(18)11-6-14-12(15-7-11)13-5-10-4-8-1-2-9(10)3-8/h6-10H,1-5H2,(H,13,14,15). The summed E-state index contributed by atoms with van der Waals surface area (Å²) in [6.07, 6.45) is 7.94. The molecule has 0 spiro atoms. The molecular weight excluding hydrogens is 232 g/mol. The van der Waals surface area contributed by atoms with Crippen LogP contribution >= 0.6 is 0 Å². The number of nitrogens with one attached hydrogen (secondary N) is 1. The molecule has 18 heavy (non-hydrogen) atoms. The Bertz CT molecular complexity index is 448. The van der Waals surface area contributed by atoms with Crippen LogP contribution in [0.15, 0.2) is 12.4 Å². The van der Waals surface area contributed by atoms with Gasteiger partial charge in [-0.25, -0.2) is 9.97 Å². The normalized spacial score (nSPS) is 29.4. The van der Waals surface area contributed by atoms with Gasteiger partial charge in [-0.1, -0.05) is 6.42 Å². The summed E-state index contributed by atoms with van der Waals surface area (Å²) < 4.78 is 0. The summed E-state index contributed by atoms with van der Waals surface area (Å²) in [5, 5.41) is 13.7. The van der Waals surface area contributed by atoms with Crippen LogP contribution in [0.4, 0.5) is 11.6 Å². The molecular formula is C12H16N4O2. The van der Waals surface area contributed by atoms with E-state index in [2.05, 4.69) is 15.3 Å². The summed E-state index contributed by atoms with van der Waals surface area (Å²) >= 11 is 0. The number of hydrogen-bond acceptors (Lipinski definition) is 5. The number of anilines is 1. The van der Waals surface area contributed by atoms with E-state index in [9.17, 15) is 10.1 Å². The molecule has 2 fully saturated rings. The average Bonchev–Trinajstić information content (AvgIpc) is 2.99. The SMILES string of the molecule is O=[N+]([O-])c1cnc(NCC2CC3CCC2C3)nc1. The monoisotopic (exact) mass is 248 g/mol. The van der Waals surface area contributed by atoms with Crippen LogP contribution in [0.2, 0.25) is 0 Å². The first kappa shape index (κ1) is 11.4. The Balaban J connectivity index is 1.55. The molecule has 0 amide bonds. The molecule has 1 N–H and O–H groups in total. The molecule has 2 bridgehead atoms. The van der Waals surface area contributed by atoms with Gasteiger partial charge in [0.25, 0.3) is 0 Å². The van der Waals surface area contributed by atoms with Gasteiger partial charge in [0.2, 0.25) is 5.95 Å². The van der Waals surface area contributed by atoms with Gasteiger partial charge in [0.15, 0.2) is 0 Å². The van der Waals surface area contributed by atoms with Gasteiger partial charge in [0.05, 0.1) is 4.92 Å². The van der Waals surface area contributed by atoms with E-state index < -0.39 is 4.92 Å². The molecule has 2 aliphatic carbocycles. The minimum atomic E-state index is -0.486. The van der Waals surface area contributed by atoms with E-state index in [1.807, 2.05) is 0 Å². The highest BCUT2D eigenvalue weighted by atomic mass is 16.6. The lowest BCUT2D eigenvalue weighted by molar-refractivity contribution is -0.385. The van der Waals surface area contributed by atoms with Crippen LogP contribution in [0.5, 0.6) is 0 Å². The van der Waals surface area contributed by atoms with Crippen molar-refractivity contribution in [2.45, 2.75) is 25.7 Å². The van der Waals surface area contributed by atoms with Gasteiger partial charge in [-0.3, -0.25) is 10.1 Å². The predicted octanol–water partition coefficient (Wildman–Crippen LogP) is 2.23. The Labute approximate surface area is 105 Å². The number of aromatic nitrogens is 2. The smallest absolute Gasteiger partial charge is 0.305 e. The fourth-order valence-corrected chi connectivity index (χ4v) is 3.36. The van der Waals surface area contributed by atoms with Gasteiger partial charge < -0.3 is 5.32 Å². The van der Waals surface area contributed by atoms with E-state index in [1.54, 1.807) is 0 Å². The van der Waals surface area contributed by atoms with Crippen LogP contribution in [0.3, 0.4) is 0 Å². The minimum absolute atomic E-state index is 0.0690. The zero-order chi connectivity index (χ0) is 12.5. The summed E-state index contributed by atoms with van der Waals surface area (Å²) in [6.45, 7) is 0.888. The van der Waals surface area contributed by atoms with Crippen LogP contribution in [0, 0.1) is 27.9 Å². The highest BCUT2D eigenvalue weighted by Crippen LogP contribution is 2.48. The van der Waals surface area contributed by atoms with Crippen LogP contribution in [0.1, 0.15) is 25.7 Å². The van der Waals surface area contributed by atoms with Gasteiger partial charge in [0, 0.05) is 6.54 Å². The number of rotatable bonds is 4. The molecule has 3 atom stereocenters. The Morgan fingerprint density at radius 3 is 2.67 bits per heavy atom. The minimum Gasteiger partial charge on any atom is -0.354 e. The van der Waals surface area contributed by atoms with Gasteiger partial charge in [-0.05, 0) is 37.0 Å². The van der Waals surface area contributed by atoms with Crippen LogP contribution in [0.25, 0.3) is 0 Å². The van der Waals surface area contributed by atoms with Crippen molar-refractivity contribution in [1.82, 2.24) is 9.97 Å². The van der Waals surface area contributed by atoms with Crippen molar-refractivity contribution >= 4 is 11.6 Å². The lowest BCUT2D eigenvalue weighted by Gasteiger charge is -2.21. The second-order valence-electron chi connectivity index (χ2n) is 5.34. The van der Waals surface area contributed by atoms with Gasteiger partial charge in [0.1, 0.15) is 12.4 Å². The van der Waals surface area contributed by atoms with Gasteiger partial charge in [-0.2, -0.15) is 0 Å². The third-order valence-corrected chi connectivity index (χ3v) is 4.26. The topological polar surface area (TPSA) is 81.0 Å². The molecule has 1 heterocycles. The Hall–Kier alpha value is -1.72. The summed E-state index contributed by atoms with van der Waals surface area (Å²) in [5.41, 5.74) is -0.0690. The summed E-state index contributed by atoms with van der Waals surface area (Å²) in [4.78, 5) is 17.9. The fourth-order valence-electron chi connectivity index (χ4n) is 3.36. The van der Waals surface area contributed by atoms with E-state index in [0.29, 0.717) is 5.95 Å². The third-order valence-electron chi connectivity index (χ3n) is 4.26. The van der Waals surface area contributed by atoms with Crippen LogP contribution in [-0.2, 0) is 0 Å². The third kappa shape index (κ3) is 2.14. The Kier molecular flexibility index (Phi) is 2.85. The first-order chi connectivity index (χ1) is 8.72. The number of fused-ring (bicyclic) bond motifs is 2. The van der Waals surface area contributed by atoms with Crippen molar-refractivity contribution in [2.24, 2.45) is 17.8 Å². The second kappa shape index (κ2) is 4.51. The molecule has 0 radical (unpaired) electrons. The van der Waals surface area contributed by atoms with Crippen molar-refractivity contribution in [2.75, 3.05) is 11.9 Å². The van der Waals surface area contributed by atoms with Crippen molar-refractivity contribution < 1.29 is 4.92 Å². The lowest BCUT2D eigenvalue weighted by Crippen LogP contribution is -2.20. The molecule has 6 heteroatoms. The van der Waals surface area contributed by atoms with E-state index in [-0.39, 0.29) is 5.69 Å². The van der Waals surface area contributed by atoms with Crippen molar-refractivity contribution in [3.05, 3.63) is 22.5 Å². The molecule has 1 aromatic rings. The molecule has 1 aromatic heterocycles. The molecule has 0 aromatic carbocycles. The van der Waals surface area contributed by atoms with E-state index in [1.165, 1.54) is 38.1 Å². The molecule has 0 aliphatic heterocycles. The van der Waals surface area contributed by atoms with E-state index in [0.717, 1.165) is 24.3 Å². The molecule has 0 saturated heterocycles. The van der Waals surface area contributed by atoms with Crippen molar-refractivity contribution in [1.29, 1.82) is 0 Å². The maximum atomic E-state index is 10.5. The molecule has 3 unspecified atom stereocenters. The summed E-state index contributed by atoms with van der Waals surface area (Å²) in [5.74, 6) is 3.01.